The Balaban J connectivity index is 1.39. The van der Waals surface area contributed by atoms with Crippen LogP contribution in [0, 0.1) is 6.92 Å². The van der Waals surface area contributed by atoms with Crippen LogP contribution in [0.15, 0.2) is 36.7 Å². The van der Waals surface area contributed by atoms with Crippen LogP contribution in [0.3, 0.4) is 0 Å². The Hall–Kier alpha value is -2.54. The van der Waals surface area contributed by atoms with Gasteiger partial charge in [-0.1, -0.05) is 12.1 Å². The standard InChI is InChI=1S/C18H20N6S/c1-13-20-17(24(22-13)14-11-19-23(2)12-14)9-5-6-10-18-21-15-7-3-4-8-16(15)25-18/h3-4,7-8,11-12H,5-6,9-10H2,1-2H3. The van der Waals surface area contributed by atoms with Crippen molar-refractivity contribution in [1.29, 1.82) is 0 Å². The number of fused-ring (bicyclic) bond motifs is 1. The van der Waals surface area contributed by atoms with Gasteiger partial charge in [0.1, 0.15) is 17.3 Å². The van der Waals surface area contributed by atoms with E-state index < -0.39 is 0 Å². The number of unbranched alkanes of at least 4 members (excludes halogenated alkanes) is 1. The molecule has 0 spiro atoms. The van der Waals surface area contributed by atoms with Gasteiger partial charge in [0.15, 0.2) is 0 Å². The highest BCUT2D eigenvalue weighted by Crippen LogP contribution is 2.23. The zero-order valence-electron chi connectivity index (χ0n) is 14.4. The van der Waals surface area contributed by atoms with Crippen LogP contribution < -0.4 is 0 Å². The number of benzene rings is 1. The Morgan fingerprint density at radius 1 is 1.08 bits per heavy atom. The maximum absolute atomic E-state index is 4.70. The van der Waals surface area contributed by atoms with E-state index in [1.807, 2.05) is 37.1 Å². The van der Waals surface area contributed by atoms with E-state index in [0.717, 1.165) is 48.5 Å². The zero-order valence-corrected chi connectivity index (χ0v) is 15.2. The van der Waals surface area contributed by atoms with Crippen LogP contribution in [-0.2, 0) is 19.9 Å². The highest BCUT2D eigenvalue weighted by atomic mass is 32.1. The van der Waals surface area contributed by atoms with E-state index in [-0.39, 0.29) is 0 Å². The number of hydrogen-bond donors (Lipinski definition) is 0. The molecule has 0 aliphatic rings. The van der Waals surface area contributed by atoms with Gasteiger partial charge in [-0.3, -0.25) is 4.68 Å². The van der Waals surface area contributed by atoms with Gasteiger partial charge >= 0.3 is 0 Å². The van der Waals surface area contributed by atoms with Gasteiger partial charge in [-0.25, -0.2) is 14.6 Å². The molecule has 0 unspecified atom stereocenters. The van der Waals surface area contributed by atoms with Crippen LogP contribution in [0.5, 0.6) is 0 Å². The van der Waals surface area contributed by atoms with Crippen molar-refractivity contribution >= 4 is 21.6 Å². The molecule has 4 aromatic rings. The fraction of sp³-hybridized carbons (Fsp3) is 0.333. The largest absolute Gasteiger partial charge is 0.274 e. The monoisotopic (exact) mass is 352 g/mol. The lowest BCUT2D eigenvalue weighted by Gasteiger charge is -2.02. The number of thiazole rings is 1. The van der Waals surface area contributed by atoms with E-state index in [1.165, 1.54) is 9.71 Å². The number of para-hydroxylation sites is 1. The molecule has 25 heavy (non-hydrogen) atoms. The molecule has 7 heteroatoms. The quantitative estimate of drug-likeness (QED) is 0.498. The second-order valence-corrected chi connectivity index (χ2v) is 7.26. The molecular weight excluding hydrogens is 332 g/mol. The Morgan fingerprint density at radius 3 is 2.72 bits per heavy atom. The molecule has 0 fully saturated rings. The first-order chi connectivity index (χ1) is 12.2. The predicted molar refractivity (Wildman–Crippen MR) is 99.1 cm³/mol. The topological polar surface area (TPSA) is 61.4 Å². The van der Waals surface area contributed by atoms with E-state index in [4.69, 9.17) is 4.98 Å². The highest BCUT2D eigenvalue weighted by molar-refractivity contribution is 7.18. The van der Waals surface area contributed by atoms with Crippen molar-refractivity contribution < 1.29 is 0 Å². The van der Waals surface area contributed by atoms with Crippen LogP contribution in [-0.4, -0.2) is 29.5 Å². The lowest BCUT2D eigenvalue weighted by Crippen LogP contribution is -2.03. The van der Waals surface area contributed by atoms with Crippen molar-refractivity contribution in [2.45, 2.75) is 32.6 Å². The second kappa shape index (κ2) is 6.76. The minimum Gasteiger partial charge on any atom is -0.274 e. The molecule has 0 saturated carbocycles. The zero-order chi connectivity index (χ0) is 17.2. The molecule has 0 aliphatic heterocycles. The normalized spacial score (nSPS) is 11.4. The highest BCUT2D eigenvalue weighted by Gasteiger charge is 2.11. The van der Waals surface area contributed by atoms with Crippen LogP contribution in [0.25, 0.3) is 15.9 Å². The van der Waals surface area contributed by atoms with Gasteiger partial charge in [-0.2, -0.15) is 10.2 Å². The summed E-state index contributed by atoms with van der Waals surface area (Å²) in [5.41, 5.74) is 2.07. The molecule has 1 aromatic carbocycles. The van der Waals surface area contributed by atoms with Gasteiger partial charge in [0.05, 0.1) is 27.6 Å². The maximum atomic E-state index is 4.70. The van der Waals surface area contributed by atoms with E-state index >= 15 is 0 Å². The minimum absolute atomic E-state index is 0.796. The maximum Gasteiger partial charge on any atom is 0.148 e. The molecule has 0 radical (unpaired) electrons. The van der Waals surface area contributed by atoms with Crippen LogP contribution >= 0.6 is 11.3 Å². The molecule has 0 amide bonds. The van der Waals surface area contributed by atoms with Gasteiger partial charge in [0, 0.05) is 13.5 Å². The molecule has 4 rings (SSSR count). The number of aromatic nitrogens is 6. The minimum atomic E-state index is 0.796. The van der Waals surface area contributed by atoms with Gasteiger partial charge in [-0.15, -0.1) is 11.3 Å². The molecule has 128 valence electrons. The van der Waals surface area contributed by atoms with Gasteiger partial charge in [0.2, 0.25) is 0 Å². The van der Waals surface area contributed by atoms with E-state index in [9.17, 15) is 0 Å². The molecular formula is C18H20N6S. The molecule has 3 aromatic heterocycles. The Kier molecular flexibility index (Phi) is 4.31. The third-order valence-corrected chi connectivity index (χ3v) is 5.19. The SMILES string of the molecule is Cc1nc(CCCCc2nc3ccccc3s2)n(-c2cnn(C)c2)n1. The van der Waals surface area contributed by atoms with Crippen LogP contribution in [0.2, 0.25) is 0 Å². The summed E-state index contributed by atoms with van der Waals surface area (Å²) in [5, 5.41) is 9.94. The molecule has 0 saturated heterocycles. The van der Waals surface area contributed by atoms with Crippen molar-refractivity contribution in [3.8, 4) is 5.69 Å². The molecule has 3 heterocycles. The Morgan fingerprint density at radius 2 is 1.92 bits per heavy atom. The van der Waals surface area contributed by atoms with Crippen molar-refractivity contribution in [3.05, 3.63) is 53.3 Å². The summed E-state index contributed by atoms with van der Waals surface area (Å²) in [4.78, 5) is 9.28. The average Bonchev–Trinajstić information content (AvgIpc) is 3.29. The summed E-state index contributed by atoms with van der Waals surface area (Å²) in [6.07, 6.45) is 7.85. The van der Waals surface area contributed by atoms with E-state index in [0.29, 0.717) is 0 Å². The summed E-state index contributed by atoms with van der Waals surface area (Å²) in [6.45, 7) is 1.93. The fourth-order valence-corrected chi connectivity index (χ4v) is 3.94. The molecule has 0 bridgehead atoms. The fourth-order valence-electron chi connectivity index (χ4n) is 2.93. The number of nitrogens with zero attached hydrogens (tertiary/aromatic N) is 6. The van der Waals surface area contributed by atoms with Crippen LogP contribution in [0.1, 0.15) is 29.5 Å². The average molecular weight is 352 g/mol. The lowest BCUT2D eigenvalue weighted by atomic mass is 10.2. The predicted octanol–water partition coefficient (Wildman–Crippen LogP) is 3.48. The summed E-state index contributed by atoms with van der Waals surface area (Å²) >= 11 is 1.80. The first-order valence-electron chi connectivity index (χ1n) is 8.45. The smallest absolute Gasteiger partial charge is 0.148 e. The molecule has 0 atom stereocenters. The van der Waals surface area contributed by atoms with Crippen molar-refractivity contribution in [1.82, 2.24) is 29.5 Å². The third-order valence-electron chi connectivity index (χ3n) is 4.10. The van der Waals surface area contributed by atoms with Crippen molar-refractivity contribution in [2.75, 3.05) is 0 Å². The Labute approximate surface area is 150 Å². The van der Waals surface area contributed by atoms with Crippen molar-refractivity contribution in [3.63, 3.8) is 0 Å². The van der Waals surface area contributed by atoms with Crippen molar-refractivity contribution in [2.24, 2.45) is 7.05 Å². The summed E-state index contributed by atoms with van der Waals surface area (Å²) in [5.74, 6) is 1.79. The molecule has 0 aliphatic carbocycles. The third kappa shape index (κ3) is 3.46. The first kappa shape index (κ1) is 16.0. The summed E-state index contributed by atoms with van der Waals surface area (Å²) in [7, 11) is 1.91. The number of rotatable bonds is 6. The first-order valence-corrected chi connectivity index (χ1v) is 9.27. The molecule has 6 nitrogen and oxygen atoms in total. The van der Waals surface area contributed by atoms with Gasteiger partial charge < -0.3 is 0 Å². The Bertz CT molecular complexity index is 963. The number of hydrogen-bond acceptors (Lipinski definition) is 5. The summed E-state index contributed by atoms with van der Waals surface area (Å²) in [6, 6.07) is 8.32. The lowest BCUT2D eigenvalue weighted by molar-refractivity contribution is 0.682. The molecule has 0 N–H and O–H groups in total. The van der Waals surface area contributed by atoms with Crippen LogP contribution in [0.4, 0.5) is 0 Å². The van der Waals surface area contributed by atoms with E-state index in [2.05, 4.69) is 33.4 Å². The summed E-state index contributed by atoms with van der Waals surface area (Å²) < 4.78 is 4.95. The second-order valence-electron chi connectivity index (χ2n) is 6.14. The van der Waals surface area contributed by atoms with E-state index in [1.54, 1.807) is 16.0 Å². The number of aryl methyl sites for hydroxylation is 4. The van der Waals surface area contributed by atoms with Gasteiger partial charge in [-0.05, 0) is 38.3 Å². The van der Waals surface area contributed by atoms with Gasteiger partial charge in [0.25, 0.3) is 0 Å².